The monoisotopic (exact) mass is 312 g/mol. The summed E-state index contributed by atoms with van der Waals surface area (Å²) in [7, 11) is 0. The van der Waals surface area contributed by atoms with Crippen molar-refractivity contribution in [2.75, 3.05) is 18.4 Å². The number of anilines is 2. The molecule has 0 aliphatic rings. The summed E-state index contributed by atoms with van der Waals surface area (Å²) in [5.74, 6) is 0.588. The molecule has 1 N–H and O–H groups in total. The normalized spacial score (nSPS) is 10.4. The lowest BCUT2D eigenvalue weighted by atomic mass is 10.2. The fourth-order valence-electron chi connectivity index (χ4n) is 2.43. The number of carbonyl (C=O) groups excluding carboxylic acids is 1. The van der Waals surface area contributed by atoms with Crippen molar-refractivity contribution in [1.29, 1.82) is 0 Å². The van der Waals surface area contributed by atoms with E-state index in [0.29, 0.717) is 11.5 Å². The number of rotatable bonds is 7. The second-order valence-corrected chi connectivity index (χ2v) is 5.58. The summed E-state index contributed by atoms with van der Waals surface area (Å²) in [5.41, 5.74) is 2.54. The van der Waals surface area contributed by atoms with Gasteiger partial charge in [-0.2, -0.15) is 0 Å². The van der Waals surface area contributed by atoms with Gasteiger partial charge in [0.2, 0.25) is 0 Å². The van der Waals surface area contributed by atoms with Gasteiger partial charge in [-0.15, -0.1) is 0 Å². The van der Waals surface area contributed by atoms with Gasteiger partial charge in [0.05, 0.1) is 0 Å². The van der Waals surface area contributed by atoms with E-state index in [9.17, 15) is 4.79 Å². The average Bonchev–Trinajstić information content (AvgIpc) is 2.54. The fraction of sp³-hybridized carbons (Fsp3) is 0.389. The van der Waals surface area contributed by atoms with Crippen molar-refractivity contribution in [2.24, 2.45) is 0 Å². The van der Waals surface area contributed by atoms with Crippen molar-refractivity contribution in [3.63, 3.8) is 0 Å². The number of amides is 1. The van der Waals surface area contributed by atoms with Gasteiger partial charge in [0.25, 0.3) is 5.91 Å². The summed E-state index contributed by atoms with van der Waals surface area (Å²) in [6.07, 6.45) is 3.30. The number of hydrogen-bond acceptors (Lipinski definition) is 4. The summed E-state index contributed by atoms with van der Waals surface area (Å²) < 4.78 is 0. The number of nitrogens with one attached hydrogen (secondary N) is 1. The Bertz CT molecular complexity index is 651. The van der Waals surface area contributed by atoms with Crippen LogP contribution in [0.5, 0.6) is 0 Å². The first-order chi connectivity index (χ1) is 11.1. The van der Waals surface area contributed by atoms with Gasteiger partial charge in [-0.05, 0) is 37.5 Å². The van der Waals surface area contributed by atoms with Crippen LogP contribution >= 0.6 is 0 Å². The molecule has 0 unspecified atom stereocenters. The molecule has 0 aliphatic carbocycles. The van der Waals surface area contributed by atoms with E-state index >= 15 is 0 Å². The minimum atomic E-state index is -0.0385. The molecule has 1 heterocycles. The molecule has 5 nitrogen and oxygen atoms in total. The first kappa shape index (κ1) is 16.9. The maximum atomic E-state index is 12.6. The standard InChI is InChI=1S/C18H24N4O/c1-4-9-22(10-5-2)18(23)16-12-17(20-13-19-16)21-15-8-6-7-14(3)11-15/h6-8,11-13H,4-5,9-10H2,1-3H3,(H,19,20,21). The van der Waals surface area contributed by atoms with E-state index in [0.717, 1.165) is 37.2 Å². The van der Waals surface area contributed by atoms with Crippen LogP contribution in [0.4, 0.5) is 11.5 Å². The first-order valence-corrected chi connectivity index (χ1v) is 8.09. The van der Waals surface area contributed by atoms with Crippen molar-refractivity contribution in [3.05, 3.63) is 47.9 Å². The minimum Gasteiger partial charge on any atom is -0.340 e. The Morgan fingerprint density at radius 2 is 1.87 bits per heavy atom. The van der Waals surface area contributed by atoms with E-state index in [4.69, 9.17) is 0 Å². The highest BCUT2D eigenvalue weighted by atomic mass is 16.2. The lowest BCUT2D eigenvalue weighted by Gasteiger charge is -2.21. The van der Waals surface area contributed by atoms with Crippen LogP contribution in [0.1, 0.15) is 42.7 Å². The molecule has 5 heteroatoms. The molecule has 0 spiro atoms. The van der Waals surface area contributed by atoms with Gasteiger partial charge in [-0.25, -0.2) is 9.97 Å². The number of aromatic nitrogens is 2. The van der Waals surface area contributed by atoms with Crippen molar-refractivity contribution in [3.8, 4) is 0 Å². The maximum Gasteiger partial charge on any atom is 0.272 e. The summed E-state index contributed by atoms with van der Waals surface area (Å²) in [4.78, 5) is 22.8. The summed E-state index contributed by atoms with van der Waals surface area (Å²) in [6, 6.07) is 9.73. The number of hydrogen-bond donors (Lipinski definition) is 1. The minimum absolute atomic E-state index is 0.0385. The Morgan fingerprint density at radius 3 is 2.52 bits per heavy atom. The van der Waals surface area contributed by atoms with Crippen LogP contribution in [0.15, 0.2) is 36.7 Å². The number of nitrogens with zero attached hydrogens (tertiary/aromatic N) is 3. The molecular weight excluding hydrogens is 288 g/mol. The second kappa shape index (κ2) is 8.27. The zero-order valence-corrected chi connectivity index (χ0v) is 14.0. The van der Waals surface area contributed by atoms with Gasteiger partial charge in [0.1, 0.15) is 17.8 Å². The first-order valence-electron chi connectivity index (χ1n) is 8.09. The average molecular weight is 312 g/mol. The molecule has 1 aromatic carbocycles. The molecular formula is C18H24N4O. The number of aryl methyl sites for hydroxylation is 1. The van der Waals surface area contributed by atoms with Gasteiger partial charge >= 0.3 is 0 Å². The van der Waals surface area contributed by atoms with Crippen LogP contribution in [0.2, 0.25) is 0 Å². The van der Waals surface area contributed by atoms with E-state index in [1.54, 1.807) is 6.07 Å². The lowest BCUT2D eigenvalue weighted by molar-refractivity contribution is 0.0749. The van der Waals surface area contributed by atoms with Gasteiger partial charge in [-0.3, -0.25) is 4.79 Å². The van der Waals surface area contributed by atoms with Gasteiger partial charge in [0.15, 0.2) is 0 Å². The maximum absolute atomic E-state index is 12.6. The van der Waals surface area contributed by atoms with E-state index in [2.05, 4.69) is 29.1 Å². The summed E-state index contributed by atoms with van der Waals surface area (Å²) >= 11 is 0. The van der Waals surface area contributed by atoms with E-state index in [1.807, 2.05) is 36.1 Å². The highest BCUT2D eigenvalue weighted by Gasteiger charge is 2.16. The summed E-state index contributed by atoms with van der Waals surface area (Å²) in [5, 5.41) is 3.22. The topological polar surface area (TPSA) is 58.1 Å². The zero-order valence-electron chi connectivity index (χ0n) is 14.0. The fourth-order valence-corrected chi connectivity index (χ4v) is 2.43. The number of benzene rings is 1. The Balaban J connectivity index is 2.16. The molecule has 2 aromatic rings. The molecule has 1 aromatic heterocycles. The predicted molar refractivity (Wildman–Crippen MR) is 93.0 cm³/mol. The Morgan fingerprint density at radius 1 is 1.13 bits per heavy atom. The van der Waals surface area contributed by atoms with Crippen LogP contribution in [0.25, 0.3) is 0 Å². The molecule has 0 atom stereocenters. The lowest BCUT2D eigenvalue weighted by Crippen LogP contribution is -2.33. The quantitative estimate of drug-likeness (QED) is 0.845. The molecule has 0 saturated heterocycles. The molecule has 2 rings (SSSR count). The van der Waals surface area contributed by atoms with Crippen molar-refractivity contribution in [1.82, 2.24) is 14.9 Å². The SMILES string of the molecule is CCCN(CCC)C(=O)c1cc(Nc2cccc(C)c2)ncn1. The van der Waals surface area contributed by atoms with Crippen molar-refractivity contribution in [2.45, 2.75) is 33.6 Å². The molecule has 1 amide bonds. The highest BCUT2D eigenvalue weighted by Crippen LogP contribution is 2.16. The Labute approximate surface area is 137 Å². The van der Waals surface area contributed by atoms with Crippen LogP contribution in [-0.4, -0.2) is 33.9 Å². The molecule has 0 fully saturated rings. The molecule has 23 heavy (non-hydrogen) atoms. The zero-order chi connectivity index (χ0) is 16.7. The van der Waals surface area contributed by atoms with Crippen LogP contribution in [0, 0.1) is 6.92 Å². The van der Waals surface area contributed by atoms with Crippen LogP contribution in [-0.2, 0) is 0 Å². The third kappa shape index (κ3) is 4.77. The van der Waals surface area contributed by atoms with Gasteiger partial charge < -0.3 is 10.2 Å². The molecule has 122 valence electrons. The third-order valence-corrected chi connectivity index (χ3v) is 3.45. The van der Waals surface area contributed by atoms with E-state index in [-0.39, 0.29) is 5.91 Å². The smallest absolute Gasteiger partial charge is 0.272 e. The molecule has 0 saturated carbocycles. The van der Waals surface area contributed by atoms with Gasteiger partial charge in [-0.1, -0.05) is 26.0 Å². The number of carbonyl (C=O) groups is 1. The van der Waals surface area contributed by atoms with Crippen LogP contribution < -0.4 is 5.32 Å². The van der Waals surface area contributed by atoms with Gasteiger partial charge in [0, 0.05) is 24.8 Å². The predicted octanol–water partition coefficient (Wildman–Crippen LogP) is 3.79. The molecule has 0 bridgehead atoms. The molecule has 0 aliphatic heterocycles. The third-order valence-electron chi connectivity index (χ3n) is 3.45. The highest BCUT2D eigenvalue weighted by molar-refractivity contribution is 5.93. The van der Waals surface area contributed by atoms with E-state index in [1.165, 1.54) is 6.33 Å². The van der Waals surface area contributed by atoms with E-state index < -0.39 is 0 Å². The van der Waals surface area contributed by atoms with Crippen molar-refractivity contribution < 1.29 is 4.79 Å². The van der Waals surface area contributed by atoms with Crippen molar-refractivity contribution >= 4 is 17.4 Å². The summed E-state index contributed by atoms with van der Waals surface area (Å²) in [6.45, 7) is 7.67. The van der Waals surface area contributed by atoms with Crippen LogP contribution in [0.3, 0.4) is 0 Å². The Hall–Kier alpha value is -2.43. The Kier molecular flexibility index (Phi) is 6.09. The largest absolute Gasteiger partial charge is 0.340 e. The second-order valence-electron chi connectivity index (χ2n) is 5.58. The molecule has 0 radical (unpaired) electrons.